The van der Waals surface area contributed by atoms with Crippen molar-refractivity contribution in [1.29, 1.82) is 0 Å². The van der Waals surface area contributed by atoms with Crippen LogP contribution in [0.15, 0.2) is 40.3 Å². The lowest BCUT2D eigenvalue weighted by molar-refractivity contribution is -0.389. The molecule has 0 saturated heterocycles. The molecule has 1 aromatic carbocycles. The summed E-state index contributed by atoms with van der Waals surface area (Å²) < 4.78 is 2.45. The van der Waals surface area contributed by atoms with E-state index in [0.29, 0.717) is 10.8 Å². The van der Waals surface area contributed by atoms with E-state index >= 15 is 0 Å². The van der Waals surface area contributed by atoms with Crippen LogP contribution < -0.4 is 5.32 Å². The van der Waals surface area contributed by atoms with Crippen LogP contribution in [0.1, 0.15) is 18.5 Å². The lowest BCUT2D eigenvalue weighted by atomic mass is 10.1. The summed E-state index contributed by atoms with van der Waals surface area (Å²) in [7, 11) is 0. The van der Waals surface area contributed by atoms with Gasteiger partial charge in [-0.25, -0.2) is 0 Å². The Morgan fingerprint density at radius 3 is 3.05 bits per heavy atom. The van der Waals surface area contributed by atoms with E-state index in [9.17, 15) is 10.1 Å². The second-order valence-electron chi connectivity index (χ2n) is 4.52. The zero-order valence-corrected chi connectivity index (χ0v) is 13.4. The number of thiazole rings is 1. The molecule has 3 rings (SSSR count). The molecule has 6 nitrogen and oxygen atoms in total. The summed E-state index contributed by atoms with van der Waals surface area (Å²) in [5.41, 5.74) is 1.02. The average molecular weight is 367 g/mol. The van der Waals surface area contributed by atoms with Crippen LogP contribution in [-0.2, 0) is 0 Å². The van der Waals surface area contributed by atoms with Crippen molar-refractivity contribution in [3.63, 3.8) is 0 Å². The number of rotatable bonds is 4. The van der Waals surface area contributed by atoms with Gasteiger partial charge in [0.15, 0.2) is 0 Å². The smallest absolute Gasteiger partial charge is 0.358 e. The highest BCUT2D eigenvalue weighted by molar-refractivity contribution is 9.10. The van der Waals surface area contributed by atoms with Crippen LogP contribution >= 0.6 is 27.3 Å². The summed E-state index contributed by atoms with van der Waals surface area (Å²) in [6.45, 7) is 1.94. The molecule has 0 aliphatic rings. The van der Waals surface area contributed by atoms with Gasteiger partial charge in [-0.05, 0) is 29.5 Å². The third-order valence-corrected chi connectivity index (χ3v) is 4.36. The molecule has 0 amide bonds. The van der Waals surface area contributed by atoms with Crippen LogP contribution in [0, 0.1) is 10.1 Å². The Balaban J connectivity index is 1.96. The standard InChI is InChI=1S/C13H11BrN4O2S/c1-8(9-3-2-4-10(14)7-9)15-11-12(18(19)20)17-5-6-21-13(17)16-11/h2-8,15H,1H3. The van der Waals surface area contributed by atoms with Gasteiger partial charge in [0.25, 0.3) is 4.96 Å². The molecule has 1 atom stereocenters. The van der Waals surface area contributed by atoms with Crippen molar-refractivity contribution in [3.05, 3.63) is 56.0 Å². The van der Waals surface area contributed by atoms with Crippen LogP contribution in [-0.4, -0.2) is 14.3 Å². The zero-order chi connectivity index (χ0) is 15.0. The van der Waals surface area contributed by atoms with Crippen molar-refractivity contribution in [2.24, 2.45) is 0 Å². The number of hydrogen-bond acceptors (Lipinski definition) is 5. The lowest BCUT2D eigenvalue weighted by Gasteiger charge is -2.13. The first-order valence-electron chi connectivity index (χ1n) is 6.18. The molecule has 0 bridgehead atoms. The van der Waals surface area contributed by atoms with E-state index in [4.69, 9.17) is 0 Å². The molecule has 0 aliphatic carbocycles. The van der Waals surface area contributed by atoms with Crippen LogP contribution in [0.4, 0.5) is 11.6 Å². The number of nitrogens with zero attached hydrogens (tertiary/aromatic N) is 3. The van der Waals surface area contributed by atoms with Gasteiger partial charge in [0.2, 0.25) is 5.82 Å². The summed E-state index contributed by atoms with van der Waals surface area (Å²) in [6, 6.07) is 7.71. The number of halogens is 1. The van der Waals surface area contributed by atoms with Gasteiger partial charge in [-0.1, -0.05) is 39.4 Å². The van der Waals surface area contributed by atoms with Crippen LogP contribution in [0.5, 0.6) is 0 Å². The maximum Gasteiger partial charge on any atom is 0.372 e. The largest absolute Gasteiger partial charge is 0.372 e. The van der Waals surface area contributed by atoms with Crippen LogP contribution in [0.3, 0.4) is 0 Å². The molecule has 1 N–H and O–H groups in total. The van der Waals surface area contributed by atoms with E-state index in [2.05, 4.69) is 26.2 Å². The highest BCUT2D eigenvalue weighted by atomic mass is 79.9. The fourth-order valence-corrected chi connectivity index (χ4v) is 3.24. The maximum atomic E-state index is 11.3. The van der Waals surface area contributed by atoms with E-state index in [1.54, 1.807) is 11.6 Å². The van der Waals surface area contributed by atoms with Crippen molar-refractivity contribution in [2.45, 2.75) is 13.0 Å². The minimum Gasteiger partial charge on any atom is -0.358 e. The van der Waals surface area contributed by atoms with Crippen molar-refractivity contribution >= 4 is 43.9 Å². The fourth-order valence-electron chi connectivity index (χ4n) is 2.11. The maximum absolute atomic E-state index is 11.3. The Bertz CT molecular complexity index is 813. The Morgan fingerprint density at radius 1 is 1.52 bits per heavy atom. The van der Waals surface area contributed by atoms with Gasteiger partial charge in [0, 0.05) is 9.85 Å². The van der Waals surface area contributed by atoms with E-state index in [1.165, 1.54) is 15.7 Å². The van der Waals surface area contributed by atoms with Gasteiger partial charge < -0.3 is 15.4 Å². The summed E-state index contributed by atoms with van der Waals surface area (Å²) in [5, 5.41) is 16.2. The minimum absolute atomic E-state index is 0.0342. The third kappa shape index (κ3) is 2.64. The highest BCUT2D eigenvalue weighted by Crippen LogP contribution is 2.31. The third-order valence-electron chi connectivity index (χ3n) is 3.11. The number of nitrogens with one attached hydrogen (secondary N) is 1. The first-order valence-corrected chi connectivity index (χ1v) is 7.85. The second-order valence-corrected chi connectivity index (χ2v) is 6.31. The molecule has 1 unspecified atom stereocenters. The number of benzene rings is 1. The van der Waals surface area contributed by atoms with E-state index < -0.39 is 4.92 Å². The number of imidazole rings is 1. The van der Waals surface area contributed by atoms with Gasteiger partial charge in [0.1, 0.15) is 6.20 Å². The first kappa shape index (κ1) is 14.0. The van der Waals surface area contributed by atoms with Gasteiger partial charge in [-0.2, -0.15) is 9.38 Å². The van der Waals surface area contributed by atoms with Crippen molar-refractivity contribution < 1.29 is 4.92 Å². The summed E-state index contributed by atoms with van der Waals surface area (Å²) in [4.78, 5) is 15.8. The molecule has 8 heteroatoms. The quantitative estimate of drug-likeness (QED) is 0.553. The Labute approximate surface area is 132 Å². The second kappa shape index (κ2) is 5.45. The summed E-state index contributed by atoms with van der Waals surface area (Å²) in [6.07, 6.45) is 1.65. The number of anilines is 1. The summed E-state index contributed by atoms with van der Waals surface area (Å²) in [5.74, 6) is 0.257. The lowest BCUT2D eigenvalue weighted by Crippen LogP contribution is -2.08. The molecule has 3 aromatic rings. The molecule has 0 radical (unpaired) electrons. The average Bonchev–Trinajstić information content (AvgIpc) is 2.98. The van der Waals surface area contributed by atoms with Gasteiger partial charge >= 0.3 is 5.82 Å². The Morgan fingerprint density at radius 2 is 2.33 bits per heavy atom. The molecule has 2 heterocycles. The predicted molar refractivity (Wildman–Crippen MR) is 85.9 cm³/mol. The SMILES string of the molecule is CC(Nc1nc2sccn2c1[N+](=O)[O-])c1cccc(Br)c1. The number of fused-ring (bicyclic) bond motifs is 1. The van der Waals surface area contributed by atoms with Crippen molar-refractivity contribution in [1.82, 2.24) is 9.38 Å². The number of aromatic nitrogens is 2. The van der Waals surface area contributed by atoms with E-state index in [1.807, 2.05) is 31.2 Å². The zero-order valence-electron chi connectivity index (χ0n) is 11.0. The molecular weight excluding hydrogens is 356 g/mol. The highest BCUT2D eigenvalue weighted by Gasteiger charge is 2.24. The van der Waals surface area contributed by atoms with E-state index in [0.717, 1.165) is 10.0 Å². The van der Waals surface area contributed by atoms with Crippen LogP contribution in [0.2, 0.25) is 0 Å². The van der Waals surface area contributed by atoms with Gasteiger partial charge in [-0.15, -0.1) is 0 Å². The normalized spacial score (nSPS) is 12.5. The Kier molecular flexibility index (Phi) is 3.64. The molecule has 2 aromatic heterocycles. The molecule has 0 saturated carbocycles. The monoisotopic (exact) mass is 366 g/mol. The van der Waals surface area contributed by atoms with Crippen molar-refractivity contribution in [2.75, 3.05) is 5.32 Å². The molecule has 0 aliphatic heterocycles. The molecule has 21 heavy (non-hydrogen) atoms. The topological polar surface area (TPSA) is 72.5 Å². The molecule has 0 spiro atoms. The minimum atomic E-state index is -0.414. The number of hydrogen-bond donors (Lipinski definition) is 1. The predicted octanol–water partition coefficient (Wildman–Crippen LogP) is 4.24. The van der Waals surface area contributed by atoms with Gasteiger partial charge in [0.05, 0.1) is 6.04 Å². The molecule has 108 valence electrons. The molecule has 0 fully saturated rings. The van der Waals surface area contributed by atoms with Crippen molar-refractivity contribution in [3.8, 4) is 0 Å². The first-order chi connectivity index (χ1) is 10.1. The Hall–Kier alpha value is -1.93. The summed E-state index contributed by atoms with van der Waals surface area (Å²) >= 11 is 4.79. The van der Waals surface area contributed by atoms with E-state index in [-0.39, 0.29) is 11.9 Å². The number of nitro groups is 1. The van der Waals surface area contributed by atoms with Gasteiger partial charge in [-0.3, -0.25) is 0 Å². The van der Waals surface area contributed by atoms with Crippen LogP contribution in [0.25, 0.3) is 4.96 Å². The fraction of sp³-hybridized carbons (Fsp3) is 0.154. The molecular formula is C13H11BrN4O2S.